The molecule has 0 amide bonds. The van der Waals surface area contributed by atoms with Crippen LogP contribution in [0.25, 0.3) is 0 Å². The molecule has 0 aromatic heterocycles. The van der Waals surface area contributed by atoms with Gasteiger partial charge in [-0.3, -0.25) is 9.69 Å². The quantitative estimate of drug-likeness (QED) is 0.424. The van der Waals surface area contributed by atoms with Gasteiger partial charge in [0.15, 0.2) is 5.96 Å². The molecule has 2 heterocycles. The van der Waals surface area contributed by atoms with E-state index >= 15 is 0 Å². The van der Waals surface area contributed by atoms with Crippen LogP contribution < -0.4 is 5.32 Å². The molecule has 3 rings (SSSR count). The minimum Gasteiger partial charge on any atom is -0.469 e. The zero-order valence-electron chi connectivity index (χ0n) is 19.6. The Morgan fingerprint density at radius 3 is 2.58 bits per heavy atom. The largest absolute Gasteiger partial charge is 0.469 e. The number of carbonyl (C=O) groups is 1. The molecule has 1 aromatic rings. The van der Waals surface area contributed by atoms with E-state index in [2.05, 4.69) is 65.2 Å². The number of aliphatic imine (C=N–C) groups is 1. The maximum Gasteiger partial charge on any atom is 0.310 e. The first-order valence-corrected chi connectivity index (χ1v) is 11.6. The third-order valence-electron chi connectivity index (χ3n) is 6.40. The number of nitrogens with one attached hydrogen (secondary N) is 1. The minimum atomic E-state index is -0.127. The van der Waals surface area contributed by atoms with Crippen molar-refractivity contribution < 1.29 is 9.53 Å². The number of hydrogen-bond acceptors (Lipinski definition) is 5. The molecule has 2 aliphatic heterocycles. The predicted octanol–water partition coefficient (Wildman–Crippen LogP) is 2.03. The average Bonchev–Trinajstić information content (AvgIpc) is 3.04. The smallest absolute Gasteiger partial charge is 0.310 e. The van der Waals surface area contributed by atoms with Gasteiger partial charge in [0.25, 0.3) is 0 Å². The summed E-state index contributed by atoms with van der Waals surface area (Å²) in [4.78, 5) is 24.0. The molecule has 7 nitrogen and oxygen atoms in total. The van der Waals surface area contributed by atoms with Gasteiger partial charge in [0.05, 0.1) is 19.6 Å². The lowest BCUT2D eigenvalue weighted by Gasteiger charge is -2.21. The summed E-state index contributed by atoms with van der Waals surface area (Å²) in [5.41, 5.74) is 2.56. The first kappa shape index (κ1) is 23.5. The van der Waals surface area contributed by atoms with Gasteiger partial charge in [-0.1, -0.05) is 31.2 Å². The van der Waals surface area contributed by atoms with Crippen molar-refractivity contribution in [1.82, 2.24) is 20.0 Å². The van der Waals surface area contributed by atoms with Crippen LogP contribution in [0.1, 0.15) is 31.4 Å². The molecular weight excluding hydrogens is 390 g/mol. The van der Waals surface area contributed by atoms with E-state index in [1.54, 1.807) is 0 Å². The lowest BCUT2D eigenvalue weighted by atomic mass is 9.99. The Balaban J connectivity index is 1.58. The van der Waals surface area contributed by atoms with Crippen molar-refractivity contribution in [1.29, 1.82) is 0 Å². The van der Waals surface area contributed by atoms with Crippen LogP contribution in [0.15, 0.2) is 29.3 Å². The Labute approximate surface area is 187 Å². The first-order chi connectivity index (χ1) is 15.0. The first-order valence-electron chi connectivity index (χ1n) is 11.6. The van der Waals surface area contributed by atoms with E-state index in [9.17, 15) is 4.79 Å². The van der Waals surface area contributed by atoms with Gasteiger partial charge < -0.3 is 19.9 Å². The summed E-state index contributed by atoms with van der Waals surface area (Å²) in [6.07, 6.45) is 1.24. The molecule has 0 bridgehead atoms. The number of esters is 1. The fourth-order valence-corrected chi connectivity index (χ4v) is 4.46. The van der Waals surface area contributed by atoms with Gasteiger partial charge in [0, 0.05) is 39.3 Å². The van der Waals surface area contributed by atoms with Gasteiger partial charge >= 0.3 is 5.97 Å². The summed E-state index contributed by atoms with van der Waals surface area (Å²) in [5.74, 6) is 0.914. The van der Waals surface area contributed by atoms with Crippen LogP contribution in [-0.2, 0) is 22.6 Å². The van der Waals surface area contributed by atoms with E-state index in [0.717, 1.165) is 38.7 Å². The van der Waals surface area contributed by atoms with Gasteiger partial charge in [0.1, 0.15) is 0 Å². The lowest BCUT2D eigenvalue weighted by Crippen LogP contribution is -2.40. The number of benzene rings is 1. The SMILES string of the molecule is CCNC(=NCc1ccc(CN2CCCN(C)CC2)cc1)N1CC(C)C(C(=O)OC)C1. The van der Waals surface area contributed by atoms with Crippen LogP contribution in [0.2, 0.25) is 0 Å². The van der Waals surface area contributed by atoms with Crippen LogP contribution in [0.4, 0.5) is 0 Å². The standard InChI is InChI=1S/C24H39N5O2/c1-5-25-24(29-16-19(2)22(18-29)23(30)31-4)26-15-20-7-9-21(10-8-20)17-28-12-6-11-27(3)13-14-28/h7-10,19,22H,5-6,11-18H2,1-4H3,(H,25,26). The van der Waals surface area contributed by atoms with E-state index in [1.165, 1.54) is 37.7 Å². The Morgan fingerprint density at radius 1 is 1.13 bits per heavy atom. The monoisotopic (exact) mass is 429 g/mol. The van der Waals surface area contributed by atoms with E-state index < -0.39 is 0 Å². The second-order valence-electron chi connectivity index (χ2n) is 8.93. The number of methoxy groups -OCH3 is 1. The number of carbonyl (C=O) groups excluding carboxylic acids is 1. The number of guanidine groups is 1. The molecule has 0 aliphatic carbocycles. The molecule has 172 valence electrons. The normalized spacial score (nSPS) is 23.6. The third-order valence-corrected chi connectivity index (χ3v) is 6.40. The topological polar surface area (TPSA) is 60.4 Å². The second-order valence-corrected chi connectivity index (χ2v) is 8.93. The molecule has 2 unspecified atom stereocenters. The Morgan fingerprint density at radius 2 is 1.87 bits per heavy atom. The summed E-state index contributed by atoms with van der Waals surface area (Å²) >= 11 is 0. The lowest BCUT2D eigenvalue weighted by molar-refractivity contribution is -0.145. The molecule has 1 N–H and O–H groups in total. The summed E-state index contributed by atoms with van der Waals surface area (Å²) in [6.45, 7) is 12.7. The molecule has 0 spiro atoms. The molecule has 1 aromatic carbocycles. The summed E-state index contributed by atoms with van der Waals surface area (Å²) < 4.78 is 4.97. The molecule has 2 fully saturated rings. The zero-order valence-corrected chi connectivity index (χ0v) is 19.6. The molecule has 7 heteroatoms. The molecule has 2 aliphatic rings. The van der Waals surface area contributed by atoms with Gasteiger partial charge in [-0.2, -0.15) is 0 Å². The van der Waals surface area contributed by atoms with E-state index in [-0.39, 0.29) is 17.8 Å². The molecule has 2 saturated heterocycles. The van der Waals surface area contributed by atoms with Gasteiger partial charge in [-0.15, -0.1) is 0 Å². The van der Waals surface area contributed by atoms with Crippen molar-refractivity contribution in [3.63, 3.8) is 0 Å². The van der Waals surface area contributed by atoms with Crippen molar-refractivity contribution in [2.75, 3.05) is 60.0 Å². The van der Waals surface area contributed by atoms with Crippen molar-refractivity contribution in [3.8, 4) is 0 Å². The maximum atomic E-state index is 12.0. The molecule has 0 radical (unpaired) electrons. The van der Waals surface area contributed by atoms with Crippen molar-refractivity contribution >= 4 is 11.9 Å². The van der Waals surface area contributed by atoms with Gasteiger partial charge in [-0.05, 0) is 50.5 Å². The highest BCUT2D eigenvalue weighted by Gasteiger charge is 2.36. The molecule has 0 saturated carbocycles. The maximum absolute atomic E-state index is 12.0. The predicted molar refractivity (Wildman–Crippen MR) is 125 cm³/mol. The highest BCUT2D eigenvalue weighted by Crippen LogP contribution is 2.24. The summed E-state index contributed by atoms with van der Waals surface area (Å²) in [5, 5.41) is 3.38. The summed E-state index contributed by atoms with van der Waals surface area (Å²) in [6, 6.07) is 8.85. The molecular formula is C24H39N5O2. The Bertz CT molecular complexity index is 736. The Hall–Kier alpha value is -2.12. The Kier molecular flexibility index (Phi) is 8.72. The van der Waals surface area contributed by atoms with Crippen molar-refractivity contribution in [2.24, 2.45) is 16.8 Å². The number of likely N-dealkylation sites (tertiary alicyclic amines) is 1. The molecule has 31 heavy (non-hydrogen) atoms. The number of likely N-dealkylation sites (N-methyl/N-ethyl adjacent to an activating group) is 1. The van der Waals surface area contributed by atoms with Crippen LogP contribution in [0, 0.1) is 11.8 Å². The number of rotatable bonds is 6. The van der Waals surface area contributed by atoms with Crippen molar-refractivity contribution in [2.45, 2.75) is 33.4 Å². The van der Waals surface area contributed by atoms with E-state index in [4.69, 9.17) is 9.73 Å². The zero-order chi connectivity index (χ0) is 22.2. The van der Waals surface area contributed by atoms with Crippen LogP contribution in [0.5, 0.6) is 0 Å². The fraction of sp³-hybridized carbons (Fsp3) is 0.667. The van der Waals surface area contributed by atoms with Crippen LogP contribution >= 0.6 is 0 Å². The number of nitrogens with zero attached hydrogens (tertiary/aromatic N) is 4. The van der Waals surface area contributed by atoms with Gasteiger partial charge in [0.2, 0.25) is 0 Å². The average molecular weight is 430 g/mol. The van der Waals surface area contributed by atoms with Crippen molar-refractivity contribution in [3.05, 3.63) is 35.4 Å². The highest BCUT2D eigenvalue weighted by atomic mass is 16.5. The number of hydrogen-bond donors (Lipinski definition) is 1. The van der Waals surface area contributed by atoms with E-state index in [0.29, 0.717) is 13.1 Å². The highest BCUT2D eigenvalue weighted by molar-refractivity contribution is 5.82. The minimum absolute atomic E-state index is 0.0908. The summed E-state index contributed by atoms with van der Waals surface area (Å²) in [7, 11) is 3.67. The molecule has 2 atom stereocenters. The second kappa shape index (κ2) is 11.5. The van der Waals surface area contributed by atoms with Crippen LogP contribution in [-0.4, -0.2) is 86.6 Å². The fourth-order valence-electron chi connectivity index (χ4n) is 4.46. The van der Waals surface area contributed by atoms with Gasteiger partial charge in [-0.25, -0.2) is 4.99 Å². The third kappa shape index (κ3) is 6.68. The van der Waals surface area contributed by atoms with Crippen LogP contribution in [0.3, 0.4) is 0 Å². The number of ether oxygens (including phenoxy) is 1. The van der Waals surface area contributed by atoms with E-state index in [1.807, 2.05) is 0 Å².